The fraction of sp³-hybridized carbons (Fsp3) is 0.100. The van der Waals surface area contributed by atoms with Crippen molar-refractivity contribution in [3.8, 4) is 33.8 Å². The van der Waals surface area contributed by atoms with Crippen LogP contribution in [0.4, 0.5) is 0 Å². The minimum Gasteiger partial charge on any atom is -0.457 e. The number of rotatable bonds is 3. The summed E-state index contributed by atoms with van der Waals surface area (Å²) >= 11 is 0. The Kier molecular flexibility index (Phi) is 5.15. The lowest BCUT2D eigenvalue weighted by Crippen LogP contribution is -2.28. The molecule has 0 unspecified atom stereocenters. The summed E-state index contributed by atoms with van der Waals surface area (Å²) in [5.74, 6) is 1.88. The summed E-state index contributed by atoms with van der Waals surface area (Å²) in [7, 11) is 0. The van der Waals surface area contributed by atoms with Crippen molar-refractivity contribution in [1.29, 1.82) is 0 Å². The predicted molar refractivity (Wildman–Crippen MR) is 168 cm³/mol. The van der Waals surface area contributed by atoms with E-state index in [4.69, 9.17) is 4.74 Å². The van der Waals surface area contributed by atoms with E-state index in [9.17, 15) is 0 Å². The number of ether oxygens (including phenoxy) is 1. The topological polar surface area (TPSA) is 9.23 Å². The number of para-hydroxylation sites is 1. The number of fused-ring (bicyclic) bond motifs is 5. The largest absolute Gasteiger partial charge is 0.457 e. The second-order valence-corrected chi connectivity index (χ2v) is 11.7. The van der Waals surface area contributed by atoms with Crippen LogP contribution in [-0.4, -0.2) is 0 Å². The SMILES string of the molecule is CC1(C)c2ccccc2Oc2cc(-c3cccc4c3-c3ccccc3C4(c3ccccc3)c3ccccc3)ccc21. The molecule has 0 amide bonds. The van der Waals surface area contributed by atoms with E-state index < -0.39 is 5.41 Å². The van der Waals surface area contributed by atoms with Crippen LogP contribution in [0.15, 0.2) is 146 Å². The minimum absolute atomic E-state index is 0.135. The van der Waals surface area contributed by atoms with Gasteiger partial charge in [0.05, 0.1) is 5.41 Å². The molecule has 0 bridgehead atoms. The van der Waals surface area contributed by atoms with E-state index in [1.165, 1.54) is 55.6 Å². The standard InChI is InChI=1S/C40H30O/c1-39(2)33-21-11-12-23-36(33)41-37-26-27(24-25-34(37)39)30-19-13-22-35-38(30)31-18-9-10-20-32(31)40(35,28-14-5-3-6-15-28)29-16-7-4-8-17-29/h3-26H,1-2H3. The van der Waals surface area contributed by atoms with Gasteiger partial charge in [-0.05, 0) is 56.6 Å². The van der Waals surface area contributed by atoms with Gasteiger partial charge in [-0.3, -0.25) is 0 Å². The molecule has 0 saturated carbocycles. The van der Waals surface area contributed by atoms with Gasteiger partial charge in [-0.15, -0.1) is 0 Å². The van der Waals surface area contributed by atoms with Crippen LogP contribution >= 0.6 is 0 Å². The summed E-state index contributed by atoms with van der Waals surface area (Å²) < 4.78 is 6.54. The van der Waals surface area contributed by atoms with Gasteiger partial charge in [0, 0.05) is 16.5 Å². The van der Waals surface area contributed by atoms with E-state index in [-0.39, 0.29) is 5.41 Å². The summed E-state index contributed by atoms with van der Waals surface area (Å²) in [4.78, 5) is 0. The Labute approximate surface area is 241 Å². The Hall–Kier alpha value is -4.88. The Bertz CT molecular complexity index is 1890. The molecule has 1 nitrogen and oxygen atoms in total. The van der Waals surface area contributed by atoms with Crippen molar-refractivity contribution in [2.75, 3.05) is 0 Å². The van der Waals surface area contributed by atoms with Crippen molar-refractivity contribution < 1.29 is 4.74 Å². The Morgan fingerprint density at radius 1 is 0.439 bits per heavy atom. The molecule has 0 spiro atoms. The summed E-state index contributed by atoms with van der Waals surface area (Å²) in [6.07, 6.45) is 0. The molecule has 1 aliphatic heterocycles. The van der Waals surface area contributed by atoms with E-state index in [2.05, 4.69) is 159 Å². The Morgan fingerprint density at radius 2 is 1.00 bits per heavy atom. The fourth-order valence-corrected chi connectivity index (χ4v) is 7.36. The lowest BCUT2D eigenvalue weighted by Gasteiger charge is -2.35. The fourth-order valence-electron chi connectivity index (χ4n) is 7.36. The molecule has 1 heterocycles. The lowest BCUT2D eigenvalue weighted by atomic mass is 9.67. The first-order valence-corrected chi connectivity index (χ1v) is 14.4. The highest BCUT2D eigenvalue weighted by Crippen LogP contribution is 2.58. The van der Waals surface area contributed by atoms with Crippen LogP contribution in [0.2, 0.25) is 0 Å². The maximum Gasteiger partial charge on any atom is 0.132 e. The van der Waals surface area contributed by atoms with Crippen molar-refractivity contribution in [2.45, 2.75) is 24.7 Å². The summed E-state index contributed by atoms with van der Waals surface area (Å²) in [6, 6.07) is 52.9. The lowest BCUT2D eigenvalue weighted by molar-refractivity contribution is 0.418. The molecule has 0 fully saturated rings. The quantitative estimate of drug-likeness (QED) is 0.223. The third-order valence-electron chi connectivity index (χ3n) is 9.23. The zero-order valence-electron chi connectivity index (χ0n) is 23.3. The van der Waals surface area contributed by atoms with Gasteiger partial charge in [-0.2, -0.15) is 0 Å². The zero-order valence-corrected chi connectivity index (χ0v) is 23.3. The molecule has 1 heteroatoms. The monoisotopic (exact) mass is 526 g/mol. The number of benzene rings is 6. The summed E-state index contributed by atoms with van der Waals surface area (Å²) in [5, 5.41) is 0. The first-order valence-electron chi connectivity index (χ1n) is 14.4. The van der Waals surface area contributed by atoms with Crippen LogP contribution in [0, 0.1) is 0 Å². The molecule has 0 N–H and O–H groups in total. The average Bonchev–Trinajstić information content (AvgIpc) is 3.33. The molecular formula is C40H30O. The van der Waals surface area contributed by atoms with E-state index in [0.717, 1.165) is 11.5 Å². The first kappa shape index (κ1) is 24.0. The molecule has 41 heavy (non-hydrogen) atoms. The molecule has 0 aromatic heterocycles. The predicted octanol–water partition coefficient (Wildman–Crippen LogP) is 10.1. The minimum atomic E-state index is -0.407. The van der Waals surface area contributed by atoms with Gasteiger partial charge in [0.15, 0.2) is 0 Å². The highest BCUT2D eigenvalue weighted by molar-refractivity contribution is 5.95. The van der Waals surface area contributed by atoms with Gasteiger partial charge in [0.2, 0.25) is 0 Å². The molecule has 1 aliphatic carbocycles. The van der Waals surface area contributed by atoms with Gasteiger partial charge in [-0.1, -0.05) is 147 Å². The van der Waals surface area contributed by atoms with E-state index in [0.29, 0.717) is 0 Å². The third kappa shape index (κ3) is 3.30. The third-order valence-corrected chi connectivity index (χ3v) is 9.23. The molecule has 2 aliphatic rings. The zero-order chi connectivity index (χ0) is 27.6. The smallest absolute Gasteiger partial charge is 0.132 e. The van der Waals surface area contributed by atoms with Crippen LogP contribution in [0.25, 0.3) is 22.3 Å². The van der Waals surface area contributed by atoms with Crippen LogP contribution in [0.3, 0.4) is 0 Å². The molecule has 0 saturated heterocycles. The van der Waals surface area contributed by atoms with E-state index >= 15 is 0 Å². The van der Waals surface area contributed by atoms with Crippen LogP contribution in [0.5, 0.6) is 11.5 Å². The second-order valence-electron chi connectivity index (χ2n) is 11.7. The molecule has 196 valence electrons. The van der Waals surface area contributed by atoms with Crippen molar-refractivity contribution in [3.63, 3.8) is 0 Å². The average molecular weight is 527 g/mol. The summed E-state index contributed by atoms with van der Waals surface area (Å²) in [5.41, 5.74) is 12.1. The highest BCUT2D eigenvalue weighted by Gasteiger charge is 2.46. The van der Waals surface area contributed by atoms with Crippen molar-refractivity contribution in [3.05, 3.63) is 179 Å². The summed E-state index contributed by atoms with van der Waals surface area (Å²) in [6.45, 7) is 4.58. The molecule has 0 atom stereocenters. The molecule has 6 aromatic carbocycles. The van der Waals surface area contributed by atoms with Gasteiger partial charge in [0.1, 0.15) is 11.5 Å². The Balaban J connectivity index is 1.40. The van der Waals surface area contributed by atoms with Crippen LogP contribution in [-0.2, 0) is 10.8 Å². The highest BCUT2D eigenvalue weighted by atomic mass is 16.5. The van der Waals surface area contributed by atoms with E-state index in [1.54, 1.807) is 0 Å². The first-order chi connectivity index (χ1) is 20.1. The normalized spacial score (nSPS) is 15.2. The molecule has 8 rings (SSSR count). The molecule has 0 radical (unpaired) electrons. The van der Waals surface area contributed by atoms with Crippen molar-refractivity contribution >= 4 is 0 Å². The molecule has 6 aromatic rings. The van der Waals surface area contributed by atoms with Crippen molar-refractivity contribution in [2.24, 2.45) is 0 Å². The number of hydrogen-bond acceptors (Lipinski definition) is 1. The van der Waals surface area contributed by atoms with Crippen LogP contribution < -0.4 is 4.74 Å². The van der Waals surface area contributed by atoms with E-state index in [1.807, 2.05) is 0 Å². The van der Waals surface area contributed by atoms with Crippen molar-refractivity contribution in [1.82, 2.24) is 0 Å². The molecular weight excluding hydrogens is 496 g/mol. The maximum atomic E-state index is 6.54. The van der Waals surface area contributed by atoms with Gasteiger partial charge in [0.25, 0.3) is 0 Å². The second kappa shape index (κ2) is 8.81. The van der Waals surface area contributed by atoms with Gasteiger partial charge >= 0.3 is 0 Å². The van der Waals surface area contributed by atoms with Crippen LogP contribution in [0.1, 0.15) is 47.2 Å². The van der Waals surface area contributed by atoms with Gasteiger partial charge < -0.3 is 4.74 Å². The Morgan fingerprint density at radius 3 is 1.73 bits per heavy atom. The maximum absolute atomic E-state index is 6.54. The number of hydrogen-bond donors (Lipinski definition) is 0. The van der Waals surface area contributed by atoms with Gasteiger partial charge in [-0.25, -0.2) is 0 Å².